The fourth-order valence-electron chi connectivity index (χ4n) is 7.52. The molecule has 2 aliphatic carbocycles. The van der Waals surface area contributed by atoms with Gasteiger partial charge in [-0.25, -0.2) is 28.6 Å². The lowest BCUT2D eigenvalue weighted by atomic mass is 9.93. The molecule has 1 amide bonds. The van der Waals surface area contributed by atoms with E-state index >= 15 is 0 Å². The Balaban J connectivity index is 1.21. The lowest BCUT2D eigenvalue weighted by molar-refractivity contribution is 0.0953. The highest BCUT2D eigenvalue weighted by atomic mass is 32.1. The molecule has 2 atom stereocenters. The van der Waals surface area contributed by atoms with E-state index in [9.17, 15) is 18.4 Å². The number of anilines is 1. The lowest BCUT2D eigenvalue weighted by Gasteiger charge is -2.17. The van der Waals surface area contributed by atoms with Crippen molar-refractivity contribution in [3.8, 4) is 27.6 Å². The van der Waals surface area contributed by atoms with Gasteiger partial charge in [-0.3, -0.25) is 9.78 Å². The number of carbonyl (C=O) groups excluding carboxylic acids is 1. The van der Waals surface area contributed by atoms with E-state index in [1.807, 2.05) is 13.0 Å². The predicted molar refractivity (Wildman–Crippen MR) is 186 cm³/mol. The summed E-state index contributed by atoms with van der Waals surface area (Å²) in [5.41, 5.74) is 6.04. The molecular weight excluding hydrogens is 677 g/mol. The third-order valence-electron chi connectivity index (χ3n) is 9.97. The SMILES string of the molecule is COc1c(F)ccc2c1CC[C@H]2Nc1nc(C)nc2cc(-c3c4c(nc(CCc5ccc(F)cc5)c3-c3n[nH]c(=O)o3)C(C3CC3)NC4=O)sc12. The van der Waals surface area contributed by atoms with Crippen LogP contribution in [0.25, 0.3) is 32.1 Å². The van der Waals surface area contributed by atoms with Crippen LogP contribution in [0.5, 0.6) is 5.75 Å². The zero-order chi connectivity index (χ0) is 35.0. The average Bonchev–Trinajstić information content (AvgIpc) is 3.37. The normalized spacial score (nSPS) is 17.8. The molecule has 11 nitrogen and oxygen atoms in total. The van der Waals surface area contributed by atoms with Crippen LogP contribution in [0, 0.1) is 24.5 Å². The fourth-order valence-corrected chi connectivity index (χ4v) is 8.62. The van der Waals surface area contributed by atoms with Crippen LogP contribution in [0.3, 0.4) is 0 Å². The number of halogens is 2. The maximum absolute atomic E-state index is 14.5. The molecule has 1 unspecified atom stereocenters. The number of nitrogens with zero attached hydrogens (tertiary/aromatic N) is 4. The van der Waals surface area contributed by atoms with Crippen molar-refractivity contribution < 1.29 is 22.7 Å². The molecule has 5 heterocycles. The summed E-state index contributed by atoms with van der Waals surface area (Å²) in [7, 11) is 1.48. The lowest BCUT2D eigenvalue weighted by Crippen LogP contribution is -2.20. The number of pyridine rings is 1. The van der Waals surface area contributed by atoms with E-state index in [0.29, 0.717) is 69.4 Å². The number of ether oxygens (including phenoxy) is 1. The molecule has 1 aliphatic heterocycles. The van der Waals surface area contributed by atoms with Gasteiger partial charge in [0.15, 0.2) is 11.6 Å². The average molecular weight is 708 g/mol. The second-order valence-corrected chi connectivity index (χ2v) is 14.3. The number of benzene rings is 2. The molecule has 0 spiro atoms. The smallest absolute Gasteiger partial charge is 0.434 e. The fraction of sp³-hybridized carbons (Fsp3) is 0.297. The summed E-state index contributed by atoms with van der Waals surface area (Å²) in [6.45, 7) is 1.82. The molecule has 9 rings (SSSR count). The highest BCUT2D eigenvalue weighted by Gasteiger charge is 2.44. The van der Waals surface area contributed by atoms with Crippen molar-refractivity contribution in [1.82, 2.24) is 30.5 Å². The van der Waals surface area contributed by atoms with Crippen LogP contribution < -0.4 is 21.1 Å². The first kappa shape index (κ1) is 31.5. The molecule has 3 N–H and O–H groups in total. The minimum atomic E-state index is -0.737. The zero-order valence-electron chi connectivity index (χ0n) is 27.6. The Morgan fingerprint density at radius 1 is 1.00 bits per heavy atom. The van der Waals surface area contributed by atoms with Crippen molar-refractivity contribution >= 4 is 33.3 Å². The van der Waals surface area contributed by atoms with Crippen LogP contribution >= 0.6 is 11.3 Å². The van der Waals surface area contributed by atoms with Gasteiger partial charge in [-0.2, -0.15) is 0 Å². The summed E-state index contributed by atoms with van der Waals surface area (Å²) in [5.74, 6) is 0.0237. The third kappa shape index (κ3) is 5.44. The Bertz CT molecular complexity index is 2440. The zero-order valence-corrected chi connectivity index (χ0v) is 28.4. The van der Waals surface area contributed by atoms with Gasteiger partial charge in [-0.15, -0.1) is 16.4 Å². The Kier molecular flexibility index (Phi) is 7.45. The van der Waals surface area contributed by atoms with Gasteiger partial charge in [0.2, 0.25) is 0 Å². The number of aromatic nitrogens is 5. The number of hydrogen-bond donors (Lipinski definition) is 3. The van der Waals surface area contributed by atoms with E-state index in [4.69, 9.17) is 24.1 Å². The number of rotatable bonds is 9. The molecule has 1 fully saturated rings. The molecule has 0 bridgehead atoms. The Morgan fingerprint density at radius 2 is 1.82 bits per heavy atom. The van der Waals surface area contributed by atoms with E-state index in [-0.39, 0.29) is 41.4 Å². The number of hydrogen-bond acceptors (Lipinski definition) is 10. The molecule has 0 saturated heterocycles. The molecule has 4 aromatic heterocycles. The second-order valence-electron chi connectivity index (χ2n) is 13.2. The maximum Gasteiger partial charge on any atom is 0.434 e. The predicted octanol–water partition coefficient (Wildman–Crippen LogP) is 6.77. The van der Waals surface area contributed by atoms with E-state index in [1.165, 1.54) is 36.6 Å². The summed E-state index contributed by atoms with van der Waals surface area (Å²) in [6.07, 6.45) is 4.26. The standard InChI is InChI=1S/C37H31F2N7O4S/c1-16-40-25-15-26(51-33(25)34(41-16)43-23-14-11-21-20(23)10-12-22(39)32(21)49-2)28-27(36-45-46-37(48)50-36)24(13-5-17-3-8-19(38)9-4-17)42-31-29(28)35(47)44-30(31)18-6-7-18/h3-4,8-10,12,15,18,23,30H,5-7,11,13-14H2,1-2H3,(H,44,47)(H,46,48)(H,40,41,43)/t23-,30?/m1/s1. The van der Waals surface area contributed by atoms with Crippen LogP contribution in [-0.4, -0.2) is 38.2 Å². The number of carbonyl (C=O) groups is 1. The van der Waals surface area contributed by atoms with Crippen LogP contribution in [0.15, 0.2) is 51.7 Å². The topological polar surface area (TPSA) is 148 Å². The first-order valence-electron chi connectivity index (χ1n) is 16.8. The number of amides is 1. The van der Waals surface area contributed by atoms with Crippen molar-refractivity contribution in [2.75, 3.05) is 12.4 Å². The Labute approximate surface area is 293 Å². The Morgan fingerprint density at radius 3 is 2.57 bits per heavy atom. The molecule has 6 aromatic rings. The highest BCUT2D eigenvalue weighted by Crippen LogP contribution is 2.50. The molecule has 14 heteroatoms. The van der Waals surface area contributed by atoms with Crippen LogP contribution in [0.1, 0.15) is 75.6 Å². The molecular formula is C37H31F2N7O4S. The van der Waals surface area contributed by atoms with Gasteiger partial charge >= 0.3 is 5.76 Å². The van der Waals surface area contributed by atoms with Crippen molar-refractivity contribution in [2.45, 2.75) is 57.5 Å². The van der Waals surface area contributed by atoms with Gasteiger partial charge in [0.1, 0.15) is 17.5 Å². The summed E-state index contributed by atoms with van der Waals surface area (Å²) in [5, 5.41) is 13.4. The van der Waals surface area contributed by atoms with Gasteiger partial charge in [0.25, 0.3) is 11.8 Å². The van der Waals surface area contributed by atoms with Crippen LogP contribution in [-0.2, 0) is 19.3 Å². The number of H-pyrrole nitrogens is 1. The minimum absolute atomic E-state index is 0.0175. The number of nitrogens with one attached hydrogen (secondary N) is 3. The molecule has 51 heavy (non-hydrogen) atoms. The number of aromatic amines is 1. The Hall–Kier alpha value is -5.50. The number of methoxy groups -OCH3 is 1. The van der Waals surface area contributed by atoms with Gasteiger partial charge in [-0.1, -0.05) is 18.2 Å². The summed E-state index contributed by atoms with van der Waals surface area (Å²) >= 11 is 1.41. The summed E-state index contributed by atoms with van der Waals surface area (Å²) in [6, 6.07) is 11.0. The van der Waals surface area contributed by atoms with Crippen LogP contribution in [0.2, 0.25) is 0 Å². The second kappa shape index (κ2) is 12.1. The van der Waals surface area contributed by atoms with Gasteiger partial charge in [0, 0.05) is 16.0 Å². The van der Waals surface area contributed by atoms with Crippen molar-refractivity contribution in [3.63, 3.8) is 0 Å². The number of thiophene rings is 1. The van der Waals surface area contributed by atoms with Crippen molar-refractivity contribution in [2.24, 2.45) is 5.92 Å². The molecule has 1 saturated carbocycles. The third-order valence-corrected chi connectivity index (χ3v) is 11.1. The molecule has 0 radical (unpaired) electrons. The van der Waals surface area contributed by atoms with E-state index in [2.05, 4.69) is 20.8 Å². The molecule has 3 aliphatic rings. The minimum Gasteiger partial charge on any atom is -0.493 e. The van der Waals surface area contributed by atoms with E-state index in [1.54, 1.807) is 18.2 Å². The number of fused-ring (bicyclic) bond motifs is 3. The van der Waals surface area contributed by atoms with Crippen LogP contribution in [0.4, 0.5) is 14.6 Å². The molecule has 2 aromatic carbocycles. The summed E-state index contributed by atoms with van der Waals surface area (Å²) in [4.78, 5) is 41.6. The largest absolute Gasteiger partial charge is 0.493 e. The monoisotopic (exact) mass is 707 g/mol. The van der Waals surface area contributed by atoms with Gasteiger partial charge in [0.05, 0.1) is 51.9 Å². The quantitative estimate of drug-likeness (QED) is 0.148. The highest BCUT2D eigenvalue weighted by molar-refractivity contribution is 7.22. The van der Waals surface area contributed by atoms with Crippen molar-refractivity contribution in [3.05, 3.63) is 104 Å². The molecule has 258 valence electrons. The van der Waals surface area contributed by atoms with E-state index < -0.39 is 11.6 Å². The van der Waals surface area contributed by atoms with Crippen molar-refractivity contribution in [1.29, 1.82) is 0 Å². The first-order valence-corrected chi connectivity index (χ1v) is 17.7. The van der Waals surface area contributed by atoms with E-state index in [0.717, 1.165) is 40.7 Å². The first-order chi connectivity index (χ1) is 24.7. The van der Waals surface area contributed by atoms with Gasteiger partial charge < -0.3 is 19.8 Å². The van der Waals surface area contributed by atoms with Gasteiger partial charge in [-0.05, 0) is 86.8 Å². The maximum atomic E-state index is 14.5. The summed E-state index contributed by atoms with van der Waals surface area (Å²) < 4.78 is 40.0. The number of aryl methyl sites for hydroxylation is 3.